The number of piperazine rings is 1. The molecule has 2 heterocycles. The van der Waals surface area contributed by atoms with E-state index in [-0.39, 0.29) is 5.75 Å². The summed E-state index contributed by atoms with van der Waals surface area (Å²) in [5, 5.41) is 11.7. The van der Waals surface area contributed by atoms with Crippen LogP contribution < -0.4 is 4.90 Å². The Bertz CT molecular complexity index is 906. The maximum absolute atomic E-state index is 10.8. The molecule has 27 heavy (non-hydrogen) atoms. The molecule has 0 atom stereocenters. The third kappa shape index (κ3) is 3.75. The molecule has 1 aliphatic heterocycles. The molecule has 1 fully saturated rings. The lowest BCUT2D eigenvalue weighted by atomic mass is 10.0. The van der Waals surface area contributed by atoms with Crippen LogP contribution in [0.5, 0.6) is 5.75 Å². The molecule has 0 radical (unpaired) electrons. The van der Waals surface area contributed by atoms with Crippen LogP contribution in [0.2, 0.25) is 0 Å². The second-order valence-electron chi connectivity index (χ2n) is 6.97. The number of aromatic nitrogens is 1. The minimum Gasteiger partial charge on any atom is -0.505 e. The fraction of sp³-hybridized carbons (Fsp3) is 0.318. The van der Waals surface area contributed by atoms with Gasteiger partial charge in [0.05, 0.1) is 6.61 Å². The minimum absolute atomic E-state index is 0.288. The molecule has 140 valence electrons. The van der Waals surface area contributed by atoms with Crippen molar-refractivity contribution < 1.29 is 9.84 Å². The molecule has 0 bridgehead atoms. The first-order valence-electron chi connectivity index (χ1n) is 9.36. The molecular formula is C22H25N3O2. The van der Waals surface area contributed by atoms with Gasteiger partial charge < -0.3 is 14.7 Å². The number of phenols is 1. The molecular weight excluding hydrogens is 338 g/mol. The maximum atomic E-state index is 10.8. The smallest absolute Gasteiger partial charge is 0.146 e. The molecule has 2 aromatic carbocycles. The van der Waals surface area contributed by atoms with Crippen LogP contribution in [0, 0.1) is 0 Å². The summed E-state index contributed by atoms with van der Waals surface area (Å²) in [6.07, 6.45) is 1.72. The van der Waals surface area contributed by atoms with Crippen molar-refractivity contribution in [3.8, 4) is 5.75 Å². The normalized spacial score (nSPS) is 15.4. The van der Waals surface area contributed by atoms with Crippen LogP contribution in [0.3, 0.4) is 0 Å². The predicted octanol–water partition coefficient (Wildman–Crippen LogP) is 3.41. The summed E-state index contributed by atoms with van der Waals surface area (Å²) >= 11 is 0. The molecule has 0 amide bonds. The van der Waals surface area contributed by atoms with Crippen molar-refractivity contribution in [1.29, 1.82) is 0 Å². The topological polar surface area (TPSA) is 48.8 Å². The number of aromatic hydroxyl groups is 1. The summed E-state index contributed by atoms with van der Waals surface area (Å²) in [4.78, 5) is 9.20. The van der Waals surface area contributed by atoms with E-state index < -0.39 is 0 Å². The van der Waals surface area contributed by atoms with Crippen LogP contribution in [0.15, 0.2) is 54.7 Å². The summed E-state index contributed by atoms with van der Waals surface area (Å²) < 4.78 is 5.35. The number of fused-ring (bicyclic) bond motifs is 1. The zero-order chi connectivity index (χ0) is 18.6. The Hall–Kier alpha value is -2.63. The van der Waals surface area contributed by atoms with Crippen molar-refractivity contribution in [2.24, 2.45) is 0 Å². The molecule has 5 nitrogen and oxygen atoms in total. The van der Waals surface area contributed by atoms with E-state index in [9.17, 15) is 5.11 Å². The zero-order valence-corrected chi connectivity index (χ0v) is 15.6. The van der Waals surface area contributed by atoms with Crippen LogP contribution in [0.4, 0.5) is 5.69 Å². The SMILES string of the molecule is COCc1cc(CN2CCN(c3ccccc3)CC2)c(O)c2ncccc12. The third-order valence-corrected chi connectivity index (χ3v) is 5.22. The third-order valence-electron chi connectivity index (χ3n) is 5.22. The Kier molecular flexibility index (Phi) is 5.23. The number of rotatable bonds is 5. The van der Waals surface area contributed by atoms with Gasteiger partial charge in [-0.05, 0) is 29.8 Å². The Morgan fingerprint density at radius 1 is 1.00 bits per heavy atom. The van der Waals surface area contributed by atoms with Crippen molar-refractivity contribution >= 4 is 16.6 Å². The molecule has 0 spiro atoms. The monoisotopic (exact) mass is 363 g/mol. The van der Waals surface area contributed by atoms with Gasteiger partial charge in [0.15, 0.2) is 0 Å². The van der Waals surface area contributed by atoms with Gasteiger partial charge in [-0.15, -0.1) is 0 Å². The average Bonchev–Trinajstić information content (AvgIpc) is 2.73. The fourth-order valence-electron chi connectivity index (χ4n) is 3.80. The lowest BCUT2D eigenvalue weighted by Gasteiger charge is -2.36. The summed E-state index contributed by atoms with van der Waals surface area (Å²) in [6, 6.07) is 16.5. The Labute approximate surface area is 159 Å². The number of hydrogen-bond acceptors (Lipinski definition) is 5. The highest BCUT2D eigenvalue weighted by Gasteiger charge is 2.20. The van der Waals surface area contributed by atoms with Gasteiger partial charge in [0, 0.05) is 62.7 Å². The van der Waals surface area contributed by atoms with Crippen molar-refractivity contribution in [2.45, 2.75) is 13.2 Å². The first-order valence-corrected chi connectivity index (χ1v) is 9.36. The summed E-state index contributed by atoms with van der Waals surface area (Å²) in [5.41, 5.74) is 3.92. The summed E-state index contributed by atoms with van der Waals surface area (Å²) in [7, 11) is 1.69. The van der Waals surface area contributed by atoms with Crippen LogP contribution in [-0.2, 0) is 17.9 Å². The van der Waals surface area contributed by atoms with E-state index in [0.717, 1.165) is 49.2 Å². The summed E-state index contributed by atoms with van der Waals surface area (Å²) in [5.74, 6) is 0.288. The molecule has 5 heteroatoms. The molecule has 3 aromatic rings. The van der Waals surface area contributed by atoms with Crippen LogP contribution in [0.25, 0.3) is 10.9 Å². The van der Waals surface area contributed by atoms with E-state index in [1.807, 2.05) is 18.2 Å². The Morgan fingerprint density at radius 3 is 2.52 bits per heavy atom. The van der Waals surface area contributed by atoms with E-state index in [0.29, 0.717) is 12.1 Å². The highest BCUT2D eigenvalue weighted by molar-refractivity contribution is 5.88. The number of benzene rings is 2. The van der Waals surface area contributed by atoms with Crippen LogP contribution >= 0.6 is 0 Å². The fourth-order valence-corrected chi connectivity index (χ4v) is 3.80. The van der Waals surface area contributed by atoms with Gasteiger partial charge in [0.2, 0.25) is 0 Å². The lowest BCUT2D eigenvalue weighted by Crippen LogP contribution is -2.45. The number of para-hydroxylation sites is 1. The van der Waals surface area contributed by atoms with E-state index >= 15 is 0 Å². The van der Waals surface area contributed by atoms with Gasteiger partial charge in [-0.1, -0.05) is 24.3 Å². The van der Waals surface area contributed by atoms with Gasteiger partial charge in [0.25, 0.3) is 0 Å². The predicted molar refractivity (Wildman–Crippen MR) is 108 cm³/mol. The quantitative estimate of drug-likeness (QED) is 0.753. The molecule has 1 saturated heterocycles. The maximum Gasteiger partial charge on any atom is 0.146 e. The van der Waals surface area contributed by atoms with Gasteiger partial charge in [0.1, 0.15) is 11.3 Å². The highest BCUT2D eigenvalue weighted by Crippen LogP contribution is 2.31. The Morgan fingerprint density at radius 2 is 1.78 bits per heavy atom. The van der Waals surface area contributed by atoms with E-state index in [2.05, 4.69) is 45.1 Å². The molecule has 4 rings (SSSR count). The molecule has 0 unspecified atom stereocenters. The number of pyridine rings is 1. The minimum atomic E-state index is 0.288. The number of anilines is 1. The van der Waals surface area contributed by atoms with Gasteiger partial charge in [-0.3, -0.25) is 9.88 Å². The highest BCUT2D eigenvalue weighted by atomic mass is 16.5. The van der Waals surface area contributed by atoms with Crippen LogP contribution in [-0.4, -0.2) is 48.3 Å². The van der Waals surface area contributed by atoms with Gasteiger partial charge >= 0.3 is 0 Å². The number of phenolic OH excluding ortho intramolecular Hbond substituents is 1. The largest absolute Gasteiger partial charge is 0.505 e. The molecule has 0 aliphatic carbocycles. The van der Waals surface area contributed by atoms with Gasteiger partial charge in [-0.25, -0.2) is 0 Å². The second kappa shape index (κ2) is 7.94. The molecule has 1 aromatic heterocycles. The molecule has 1 N–H and O–H groups in total. The standard InChI is InChI=1S/C22H25N3O2/c1-27-16-18-14-17(22(26)21-20(18)8-5-9-23-21)15-24-10-12-25(13-11-24)19-6-3-2-4-7-19/h2-9,14,26H,10-13,15-16H2,1H3. The van der Waals surface area contributed by atoms with Crippen LogP contribution in [0.1, 0.15) is 11.1 Å². The second-order valence-corrected chi connectivity index (χ2v) is 6.97. The number of hydrogen-bond donors (Lipinski definition) is 1. The van der Waals surface area contributed by atoms with Gasteiger partial charge in [-0.2, -0.15) is 0 Å². The molecule has 1 aliphatic rings. The average molecular weight is 363 g/mol. The van der Waals surface area contributed by atoms with E-state index in [1.54, 1.807) is 13.3 Å². The Balaban J connectivity index is 1.51. The zero-order valence-electron chi connectivity index (χ0n) is 15.6. The van der Waals surface area contributed by atoms with Crippen molar-refractivity contribution in [1.82, 2.24) is 9.88 Å². The van der Waals surface area contributed by atoms with E-state index in [1.165, 1.54) is 5.69 Å². The summed E-state index contributed by atoms with van der Waals surface area (Å²) in [6.45, 7) is 5.14. The lowest BCUT2D eigenvalue weighted by molar-refractivity contribution is 0.185. The number of nitrogens with zero attached hydrogens (tertiary/aromatic N) is 3. The van der Waals surface area contributed by atoms with E-state index in [4.69, 9.17) is 4.74 Å². The number of ether oxygens (including phenoxy) is 1. The first kappa shape index (κ1) is 17.8. The number of methoxy groups -OCH3 is 1. The van der Waals surface area contributed by atoms with Crippen molar-refractivity contribution in [2.75, 3.05) is 38.2 Å². The first-order chi connectivity index (χ1) is 13.3. The molecule has 0 saturated carbocycles. The van der Waals surface area contributed by atoms with Crippen molar-refractivity contribution in [3.05, 3.63) is 65.9 Å². The van der Waals surface area contributed by atoms with Crippen molar-refractivity contribution in [3.63, 3.8) is 0 Å².